The fourth-order valence-corrected chi connectivity index (χ4v) is 3.92. The fourth-order valence-electron chi connectivity index (χ4n) is 3.92. The second kappa shape index (κ2) is 8.39. The van der Waals surface area contributed by atoms with E-state index in [0.717, 1.165) is 16.6 Å². The molecule has 0 saturated carbocycles. The molecule has 1 saturated heterocycles. The average Bonchev–Trinajstić information content (AvgIpc) is 3.28. The highest BCUT2D eigenvalue weighted by molar-refractivity contribution is 6.05. The van der Waals surface area contributed by atoms with Gasteiger partial charge in [-0.25, -0.2) is 9.78 Å². The van der Waals surface area contributed by atoms with E-state index in [9.17, 15) is 9.59 Å². The number of aliphatic hydroxyl groups excluding tert-OH is 1. The van der Waals surface area contributed by atoms with Crippen molar-refractivity contribution in [2.24, 2.45) is 5.92 Å². The van der Waals surface area contributed by atoms with Crippen LogP contribution in [-0.2, 0) is 4.79 Å². The molecule has 8 heteroatoms. The molecule has 3 N–H and O–H groups in total. The van der Waals surface area contributed by atoms with Crippen LogP contribution in [0.3, 0.4) is 0 Å². The molecule has 162 valence electrons. The average molecular weight is 422 g/mol. The largest absolute Gasteiger partial charge is 0.491 e. The molecule has 8 nitrogen and oxygen atoms in total. The Kier molecular flexibility index (Phi) is 5.65. The van der Waals surface area contributed by atoms with Crippen molar-refractivity contribution in [2.45, 2.75) is 32.9 Å². The lowest BCUT2D eigenvalue weighted by molar-refractivity contribution is -0.130. The molecule has 0 spiro atoms. The van der Waals surface area contributed by atoms with E-state index in [2.05, 4.69) is 15.3 Å². The molecule has 2 atom stereocenters. The third kappa shape index (κ3) is 3.98. The van der Waals surface area contributed by atoms with Gasteiger partial charge in [0.05, 0.1) is 17.6 Å². The van der Waals surface area contributed by atoms with Crippen LogP contribution in [0.4, 0.5) is 4.79 Å². The number of hydrogen-bond acceptors (Lipinski definition) is 5. The van der Waals surface area contributed by atoms with Crippen LogP contribution in [0, 0.1) is 12.8 Å². The first kappa shape index (κ1) is 20.9. The summed E-state index contributed by atoms with van der Waals surface area (Å²) in [5.74, 6) is 0.824. The maximum atomic E-state index is 13.3. The van der Waals surface area contributed by atoms with Crippen molar-refractivity contribution < 1.29 is 19.4 Å². The number of imidazole rings is 1. The molecule has 4 rings (SSSR count). The highest BCUT2D eigenvalue weighted by Gasteiger charge is 2.45. The van der Waals surface area contributed by atoms with E-state index in [4.69, 9.17) is 9.84 Å². The number of benzene rings is 2. The van der Waals surface area contributed by atoms with Gasteiger partial charge < -0.3 is 20.1 Å². The normalized spacial score (nSPS) is 17.5. The summed E-state index contributed by atoms with van der Waals surface area (Å²) in [7, 11) is 0. The van der Waals surface area contributed by atoms with Gasteiger partial charge in [-0.05, 0) is 48.2 Å². The minimum Gasteiger partial charge on any atom is -0.491 e. The van der Waals surface area contributed by atoms with Gasteiger partial charge in [0.25, 0.3) is 5.91 Å². The fraction of sp³-hybridized carbons (Fsp3) is 0.348. The van der Waals surface area contributed by atoms with E-state index in [-0.39, 0.29) is 25.0 Å². The SMILES string of the molecule is Cc1ccc2nc(C(C(C)C)N3C(=O)N[C@H](c4ccc(OCCO)cc4)C3=O)[nH]c2c1. The topological polar surface area (TPSA) is 108 Å². The number of rotatable bonds is 7. The van der Waals surface area contributed by atoms with E-state index < -0.39 is 18.1 Å². The van der Waals surface area contributed by atoms with Crippen LogP contribution >= 0.6 is 0 Å². The predicted octanol–water partition coefficient (Wildman–Crippen LogP) is 3.23. The Labute approximate surface area is 180 Å². The molecule has 1 aliphatic rings. The second-order valence-corrected chi connectivity index (χ2v) is 8.06. The molecular weight excluding hydrogens is 396 g/mol. The van der Waals surface area contributed by atoms with Gasteiger partial charge in [-0.15, -0.1) is 0 Å². The number of ether oxygens (including phenoxy) is 1. The van der Waals surface area contributed by atoms with Gasteiger partial charge in [-0.3, -0.25) is 9.69 Å². The monoisotopic (exact) mass is 422 g/mol. The number of aromatic nitrogens is 2. The number of carbonyl (C=O) groups excluding carboxylic acids is 2. The quantitative estimate of drug-likeness (QED) is 0.507. The zero-order valence-corrected chi connectivity index (χ0v) is 17.8. The molecule has 1 aliphatic heterocycles. The lowest BCUT2D eigenvalue weighted by Gasteiger charge is -2.27. The number of aliphatic hydroxyl groups is 1. The van der Waals surface area contributed by atoms with Crippen LogP contribution in [0.5, 0.6) is 5.75 Å². The van der Waals surface area contributed by atoms with Crippen LogP contribution < -0.4 is 10.1 Å². The molecule has 0 bridgehead atoms. The first-order chi connectivity index (χ1) is 14.9. The molecule has 2 heterocycles. The first-order valence-electron chi connectivity index (χ1n) is 10.3. The van der Waals surface area contributed by atoms with Crippen molar-refractivity contribution in [3.63, 3.8) is 0 Å². The second-order valence-electron chi connectivity index (χ2n) is 8.06. The number of nitrogens with zero attached hydrogens (tertiary/aromatic N) is 2. The van der Waals surface area contributed by atoms with E-state index in [1.807, 2.05) is 39.0 Å². The Hall–Kier alpha value is -3.39. The minimum atomic E-state index is -0.771. The number of aromatic amines is 1. The van der Waals surface area contributed by atoms with Crippen LogP contribution in [0.1, 0.15) is 42.9 Å². The van der Waals surface area contributed by atoms with Crippen molar-refractivity contribution in [2.75, 3.05) is 13.2 Å². The van der Waals surface area contributed by atoms with E-state index >= 15 is 0 Å². The number of H-pyrrole nitrogens is 1. The van der Waals surface area contributed by atoms with Crippen molar-refractivity contribution >= 4 is 23.0 Å². The molecular formula is C23H26N4O4. The van der Waals surface area contributed by atoms with E-state index in [1.165, 1.54) is 4.90 Å². The number of urea groups is 1. The summed E-state index contributed by atoms with van der Waals surface area (Å²) in [5, 5.41) is 11.7. The maximum absolute atomic E-state index is 13.3. The van der Waals surface area contributed by atoms with Gasteiger partial charge in [0.15, 0.2) is 0 Å². The Morgan fingerprint density at radius 3 is 2.58 bits per heavy atom. The van der Waals surface area contributed by atoms with Crippen LogP contribution in [0.15, 0.2) is 42.5 Å². The Morgan fingerprint density at radius 1 is 1.16 bits per heavy atom. The van der Waals surface area contributed by atoms with Crippen LogP contribution in [-0.4, -0.2) is 45.1 Å². The lowest BCUT2D eigenvalue weighted by Crippen LogP contribution is -2.38. The highest BCUT2D eigenvalue weighted by atomic mass is 16.5. The van der Waals surface area contributed by atoms with Gasteiger partial charge in [0.2, 0.25) is 0 Å². The molecule has 31 heavy (non-hydrogen) atoms. The standard InChI is InChI=1S/C23H26N4O4/c1-13(2)20(21-24-17-9-4-14(3)12-18(17)25-21)27-22(29)19(26-23(27)30)15-5-7-16(8-6-15)31-11-10-28/h4-9,12-13,19-20,28H,10-11H2,1-3H3,(H,24,25)(H,26,30)/t19-,20?/m1/s1. The zero-order valence-electron chi connectivity index (χ0n) is 17.8. The molecule has 1 unspecified atom stereocenters. The maximum Gasteiger partial charge on any atom is 0.325 e. The highest BCUT2D eigenvalue weighted by Crippen LogP contribution is 2.34. The van der Waals surface area contributed by atoms with E-state index in [1.54, 1.807) is 24.3 Å². The third-order valence-corrected chi connectivity index (χ3v) is 5.39. The van der Waals surface area contributed by atoms with Gasteiger partial charge in [-0.2, -0.15) is 0 Å². The minimum absolute atomic E-state index is 0.0376. The molecule has 1 aromatic heterocycles. The molecule has 0 aliphatic carbocycles. The summed E-state index contributed by atoms with van der Waals surface area (Å²) in [6.07, 6.45) is 0. The van der Waals surface area contributed by atoms with Crippen molar-refractivity contribution in [3.8, 4) is 5.75 Å². The number of carbonyl (C=O) groups is 2. The summed E-state index contributed by atoms with van der Waals surface area (Å²) >= 11 is 0. The number of amides is 3. The number of aryl methyl sites for hydroxylation is 1. The number of nitrogens with one attached hydrogen (secondary N) is 2. The Morgan fingerprint density at radius 2 is 1.90 bits per heavy atom. The number of fused-ring (bicyclic) bond motifs is 1. The van der Waals surface area contributed by atoms with Crippen molar-refractivity contribution in [1.82, 2.24) is 20.2 Å². The molecule has 2 aromatic carbocycles. The zero-order chi connectivity index (χ0) is 22.1. The smallest absolute Gasteiger partial charge is 0.325 e. The predicted molar refractivity (Wildman–Crippen MR) is 116 cm³/mol. The summed E-state index contributed by atoms with van der Waals surface area (Å²) in [6, 6.07) is 11.1. The van der Waals surface area contributed by atoms with Gasteiger partial charge in [0, 0.05) is 0 Å². The van der Waals surface area contributed by atoms with Crippen LogP contribution in [0.25, 0.3) is 11.0 Å². The summed E-state index contributed by atoms with van der Waals surface area (Å²) < 4.78 is 5.36. The molecule has 3 amide bonds. The third-order valence-electron chi connectivity index (χ3n) is 5.39. The van der Waals surface area contributed by atoms with Crippen molar-refractivity contribution in [3.05, 3.63) is 59.4 Å². The Bertz CT molecular complexity index is 1110. The first-order valence-corrected chi connectivity index (χ1v) is 10.3. The number of imide groups is 1. The summed E-state index contributed by atoms with van der Waals surface area (Å²) in [4.78, 5) is 35.4. The van der Waals surface area contributed by atoms with Crippen molar-refractivity contribution in [1.29, 1.82) is 0 Å². The van der Waals surface area contributed by atoms with E-state index in [0.29, 0.717) is 17.1 Å². The molecule has 0 radical (unpaired) electrons. The molecule has 3 aromatic rings. The lowest BCUT2D eigenvalue weighted by atomic mass is 10.0. The van der Waals surface area contributed by atoms with Gasteiger partial charge in [-0.1, -0.05) is 32.0 Å². The van der Waals surface area contributed by atoms with Gasteiger partial charge in [0.1, 0.15) is 30.3 Å². The van der Waals surface area contributed by atoms with Gasteiger partial charge >= 0.3 is 6.03 Å². The number of hydrogen-bond donors (Lipinski definition) is 3. The van der Waals surface area contributed by atoms with Crippen LogP contribution in [0.2, 0.25) is 0 Å². The Balaban J connectivity index is 1.62. The summed E-state index contributed by atoms with van der Waals surface area (Å²) in [5.41, 5.74) is 3.45. The summed E-state index contributed by atoms with van der Waals surface area (Å²) in [6.45, 7) is 6.04. The molecule has 1 fully saturated rings.